The van der Waals surface area contributed by atoms with Gasteiger partial charge in [-0.3, -0.25) is 0 Å². The first-order valence-electron chi connectivity index (χ1n) is 8.24. The fourth-order valence-electron chi connectivity index (χ4n) is 2.89. The average molecular weight is 373 g/mol. The highest BCUT2D eigenvalue weighted by Crippen LogP contribution is 2.28. The largest absolute Gasteiger partial charge is 0.382 e. The third kappa shape index (κ3) is 3.22. The molecule has 0 aliphatic carbocycles. The molecule has 0 bridgehead atoms. The van der Waals surface area contributed by atoms with Gasteiger partial charge in [-0.1, -0.05) is 12.1 Å². The lowest BCUT2D eigenvalue weighted by atomic mass is 10.1. The molecule has 3 aromatic heterocycles. The Kier molecular flexibility index (Phi) is 4.03. The molecular formula is C18H24FN7O. The number of hydrogen-bond acceptors (Lipinski definition) is 6. The SMILES string of the molecule is C[C@H](Nc1cc(-c2c(N)nn3cccnc23)[nH]c(=O)n1)c1ccc(F)cc1.[HH].[HH].[HH].[HH]. The Hall–Kier alpha value is -3.75. The van der Waals surface area contributed by atoms with E-state index in [4.69, 9.17) is 5.73 Å². The number of benzene rings is 1. The third-order valence-corrected chi connectivity index (χ3v) is 4.17. The number of H-pyrrole nitrogens is 1. The number of hydrogen-bond donors (Lipinski definition) is 3. The lowest BCUT2D eigenvalue weighted by molar-refractivity contribution is 0.626. The number of fused-ring (bicyclic) bond motifs is 1. The fraction of sp³-hybridized carbons (Fsp3) is 0.111. The van der Waals surface area contributed by atoms with Crippen LogP contribution in [-0.2, 0) is 0 Å². The third-order valence-electron chi connectivity index (χ3n) is 4.17. The van der Waals surface area contributed by atoms with Gasteiger partial charge in [-0.25, -0.2) is 18.7 Å². The van der Waals surface area contributed by atoms with E-state index in [0.29, 0.717) is 22.7 Å². The molecule has 0 aliphatic rings. The summed E-state index contributed by atoms with van der Waals surface area (Å²) in [5.41, 5.74) is 7.85. The van der Waals surface area contributed by atoms with Crippen LogP contribution in [0.5, 0.6) is 0 Å². The summed E-state index contributed by atoms with van der Waals surface area (Å²) in [6.07, 6.45) is 3.34. The van der Waals surface area contributed by atoms with Gasteiger partial charge in [0.2, 0.25) is 0 Å². The van der Waals surface area contributed by atoms with Crippen LogP contribution >= 0.6 is 0 Å². The highest BCUT2D eigenvalue weighted by Gasteiger charge is 2.16. The number of halogens is 1. The number of nitrogens with one attached hydrogen (secondary N) is 2. The molecule has 0 saturated heterocycles. The van der Waals surface area contributed by atoms with Crippen LogP contribution in [0.2, 0.25) is 0 Å². The first-order chi connectivity index (χ1) is 13.0. The van der Waals surface area contributed by atoms with Crippen LogP contribution < -0.4 is 16.7 Å². The van der Waals surface area contributed by atoms with E-state index in [2.05, 4.69) is 25.4 Å². The molecule has 9 heteroatoms. The first-order valence-corrected chi connectivity index (χ1v) is 8.24. The second-order valence-corrected chi connectivity index (χ2v) is 6.05. The molecule has 4 aromatic rings. The highest BCUT2D eigenvalue weighted by molar-refractivity contribution is 5.84. The quantitative estimate of drug-likeness (QED) is 0.505. The van der Waals surface area contributed by atoms with E-state index in [1.54, 1.807) is 36.7 Å². The fourth-order valence-corrected chi connectivity index (χ4v) is 2.89. The summed E-state index contributed by atoms with van der Waals surface area (Å²) in [6.45, 7) is 1.89. The lowest BCUT2D eigenvalue weighted by Crippen LogP contribution is -2.16. The lowest BCUT2D eigenvalue weighted by Gasteiger charge is -2.15. The number of aromatic amines is 1. The number of rotatable bonds is 4. The van der Waals surface area contributed by atoms with Crippen molar-refractivity contribution in [2.75, 3.05) is 11.1 Å². The van der Waals surface area contributed by atoms with E-state index < -0.39 is 5.69 Å². The van der Waals surface area contributed by atoms with E-state index in [-0.39, 0.29) is 23.4 Å². The van der Waals surface area contributed by atoms with Gasteiger partial charge in [0.25, 0.3) is 0 Å². The Labute approximate surface area is 158 Å². The first kappa shape index (κ1) is 16.7. The normalized spacial score (nSPS) is 12.2. The minimum absolute atomic E-state index is 0. The summed E-state index contributed by atoms with van der Waals surface area (Å²) in [5.74, 6) is 0.298. The van der Waals surface area contributed by atoms with Gasteiger partial charge in [0, 0.05) is 30.2 Å². The smallest absolute Gasteiger partial charge is 0.347 e. The molecule has 1 atom stereocenters. The van der Waals surface area contributed by atoms with Crippen molar-refractivity contribution in [2.24, 2.45) is 0 Å². The number of aromatic nitrogens is 5. The predicted molar refractivity (Wildman–Crippen MR) is 108 cm³/mol. The van der Waals surface area contributed by atoms with Gasteiger partial charge in [-0.15, -0.1) is 5.10 Å². The molecule has 4 N–H and O–H groups in total. The summed E-state index contributed by atoms with van der Waals surface area (Å²) in [7, 11) is 0. The summed E-state index contributed by atoms with van der Waals surface area (Å²) < 4.78 is 14.6. The van der Waals surface area contributed by atoms with Crippen LogP contribution in [0.25, 0.3) is 16.9 Å². The maximum absolute atomic E-state index is 13.1. The molecule has 0 fully saturated rings. The number of nitrogens with zero attached hydrogens (tertiary/aromatic N) is 4. The zero-order chi connectivity index (χ0) is 19.0. The minimum Gasteiger partial charge on any atom is -0.382 e. The summed E-state index contributed by atoms with van der Waals surface area (Å²) >= 11 is 0. The standard InChI is InChI=1S/C18H16FN7O.4H2/c1-10(11-3-5-12(19)6-4-11)22-14-9-13(23-18(27)24-14)15-16(20)25-26-8-2-7-21-17(15)26;;;;/h2-10H,1H3,(H2,20,25)(H2,22,23,24,27);4*1H/t10-;;;;/m0..../s1. The topological polar surface area (TPSA) is 114 Å². The van der Waals surface area contributed by atoms with Crippen LogP contribution in [0, 0.1) is 5.82 Å². The van der Waals surface area contributed by atoms with Crippen molar-refractivity contribution in [3.8, 4) is 11.3 Å². The molecule has 0 amide bonds. The van der Waals surface area contributed by atoms with Gasteiger partial charge in [-0.05, 0) is 30.7 Å². The van der Waals surface area contributed by atoms with Crippen molar-refractivity contribution in [3.05, 3.63) is 70.7 Å². The molecule has 0 radical (unpaired) electrons. The molecule has 4 rings (SSSR count). The van der Waals surface area contributed by atoms with Gasteiger partial charge in [-0.2, -0.15) is 4.98 Å². The Balaban J connectivity index is 0.00000225. The zero-order valence-electron chi connectivity index (χ0n) is 14.3. The van der Waals surface area contributed by atoms with Crippen LogP contribution in [0.4, 0.5) is 16.0 Å². The second-order valence-electron chi connectivity index (χ2n) is 6.05. The Morgan fingerprint density at radius 2 is 2.11 bits per heavy atom. The van der Waals surface area contributed by atoms with Crippen LogP contribution in [0.1, 0.15) is 24.2 Å². The van der Waals surface area contributed by atoms with E-state index in [0.717, 1.165) is 5.56 Å². The van der Waals surface area contributed by atoms with Crippen LogP contribution in [0.15, 0.2) is 53.6 Å². The van der Waals surface area contributed by atoms with Crippen molar-refractivity contribution in [1.82, 2.24) is 24.6 Å². The van der Waals surface area contributed by atoms with Gasteiger partial charge >= 0.3 is 5.69 Å². The van der Waals surface area contributed by atoms with Gasteiger partial charge in [0.05, 0.1) is 11.3 Å². The summed E-state index contributed by atoms with van der Waals surface area (Å²) in [6, 6.07) is 9.33. The van der Waals surface area contributed by atoms with E-state index in [1.807, 2.05) is 6.92 Å². The maximum Gasteiger partial charge on any atom is 0.347 e. The number of nitrogen functional groups attached to an aromatic ring is 1. The minimum atomic E-state index is -0.531. The molecule has 8 nitrogen and oxygen atoms in total. The summed E-state index contributed by atoms with van der Waals surface area (Å²) in [5, 5.41) is 7.35. The van der Waals surface area contributed by atoms with Crippen molar-refractivity contribution in [3.63, 3.8) is 0 Å². The Bertz CT molecular complexity index is 1180. The molecule has 0 aliphatic heterocycles. The molecule has 0 saturated carbocycles. The highest BCUT2D eigenvalue weighted by atomic mass is 19.1. The monoisotopic (exact) mass is 373 g/mol. The molecular weight excluding hydrogens is 349 g/mol. The van der Waals surface area contributed by atoms with Crippen molar-refractivity contribution < 1.29 is 10.1 Å². The number of anilines is 2. The van der Waals surface area contributed by atoms with E-state index in [1.165, 1.54) is 16.6 Å². The van der Waals surface area contributed by atoms with Gasteiger partial charge in [0.15, 0.2) is 11.5 Å². The average Bonchev–Trinajstić information content (AvgIpc) is 2.97. The zero-order valence-corrected chi connectivity index (χ0v) is 14.3. The van der Waals surface area contributed by atoms with Gasteiger partial charge < -0.3 is 16.0 Å². The Morgan fingerprint density at radius 1 is 1.33 bits per heavy atom. The maximum atomic E-state index is 13.1. The Morgan fingerprint density at radius 3 is 2.89 bits per heavy atom. The molecule has 3 heterocycles. The molecule has 144 valence electrons. The molecule has 1 aromatic carbocycles. The molecule has 27 heavy (non-hydrogen) atoms. The van der Waals surface area contributed by atoms with Crippen molar-refractivity contribution >= 4 is 17.3 Å². The van der Waals surface area contributed by atoms with Crippen LogP contribution in [-0.4, -0.2) is 24.6 Å². The van der Waals surface area contributed by atoms with Crippen molar-refractivity contribution in [1.29, 1.82) is 0 Å². The molecule has 0 spiro atoms. The van der Waals surface area contributed by atoms with Gasteiger partial charge in [0.1, 0.15) is 11.6 Å². The summed E-state index contributed by atoms with van der Waals surface area (Å²) in [4.78, 5) is 23.0. The number of nitrogens with two attached hydrogens (primary N) is 1. The van der Waals surface area contributed by atoms with E-state index in [9.17, 15) is 9.18 Å². The van der Waals surface area contributed by atoms with E-state index >= 15 is 0 Å². The van der Waals surface area contributed by atoms with Crippen LogP contribution in [0.3, 0.4) is 0 Å². The second kappa shape index (κ2) is 6.52. The van der Waals surface area contributed by atoms with Crippen molar-refractivity contribution in [2.45, 2.75) is 13.0 Å². The molecule has 0 unspecified atom stereocenters. The predicted octanol–water partition coefficient (Wildman–Crippen LogP) is 3.36.